The number of carbonyl (C=O) groups is 1. The highest BCUT2D eigenvalue weighted by atomic mass is 16.5. The molecule has 0 aromatic heterocycles. The van der Waals surface area contributed by atoms with Crippen molar-refractivity contribution in [2.75, 3.05) is 13.7 Å². The van der Waals surface area contributed by atoms with Crippen molar-refractivity contribution in [1.82, 2.24) is 5.32 Å². The van der Waals surface area contributed by atoms with Crippen LogP contribution in [-0.2, 0) is 9.53 Å². The van der Waals surface area contributed by atoms with Gasteiger partial charge in [-0.2, -0.15) is 0 Å². The molecule has 0 heterocycles. The Kier molecular flexibility index (Phi) is 6.33. The minimum atomic E-state index is -0.349. The highest BCUT2D eigenvalue weighted by molar-refractivity contribution is 5.77. The molecule has 1 aromatic rings. The first-order valence-corrected chi connectivity index (χ1v) is 6.15. The van der Waals surface area contributed by atoms with Crippen LogP contribution in [0.3, 0.4) is 0 Å². The molecule has 0 saturated heterocycles. The number of ether oxygens (including phenoxy) is 1. The summed E-state index contributed by atoms with van der Waals surface area (Å²) in [6, 6.07) is 9.33. The van der Waals surface area contributed by atoms with Crippen molar-refractivity contribution in [3.8, 4) is 0 Å². The van der Waals surface area contributed by atoms with Gasteiger partial charge in [-0.1, -0.05) is 50.1 Å². The topological polar surface area (TPSA) is 38.3 Å². The van der Waals surface area contributed by atoms with Crippen molar-refractivity contribution in [2.45, 2.75) is 32.2 Å². The third kappa shape index (κ3) is 4.57. The third-order valence-electron chi connectivity index (χ3n) is 2.70. The fraction of sp³-hybridized carbons (Fsp3) is 0.500. The number of hydrogen-bond acceptors (Lipinski definition) is 3. The van der Waals surface area contributed by atoms with Crippen LogP contribution in [0, 0.1) is 0 Å². The summed E-state index contributed by atoms with van der Waals surface area (Å²) in [4.78, 5) is 11.7. The van der Waals surface area contributed by atoms with E-state index in [1.807, 2.05) is 30.3 Å². The molecule has 0 aliphatic carbocycles. The highest BCUT2D eigenvalue weighted by Gasteiger charge is 2.19. The first-order valence-electron chi connectivity index (χ1n) is 6.15. The molecule has 3 nitrogen and oxygen atoms in total. The Morgan fingerprint density at radius 3 is 2.59 bits per heavy atom. The molecule has 0 aliphatic heterocycles. The SMILES string of the molecule is CCCCCNC(C(=O)OC)c1ccccc1. The van der Waals surface area contributed by atoms with Crippen LogP contribution in [0.25, 0.3) is 0 Å². The zero-order valence-corrected chi connectivity index (χ0v) is 10.6. The van der Waals surface area contributed by atoms with E-state index < -0.39 is 0 Å². The summed E-state index contributed by atoms with van der Waals surface area (Å²) in [7, 11) is 1.42. The van der Waals surface area contributed by atoms with Gasteiger partial charge in [0.15, 0.2) is 0 Å². The lowest BCUT2D eigenvalue weighted by atomic mass is 10.1. The smallest absolute Gasteiger partial charge is 0.327 e. The molecule has 0 fully saturated rings. The van der Waals surface area contributed by atoms with Crippen LogP contribution in [0.4, 0.5) is 0 Å². The second kappa shape index (κ2) is 7.85. The molecular weight excluding hydrogens is 214 g/mol. The maximum atomic E-state index is 11.7. The number of methoxy groups -OCH3 is 1. The van der Waals surface area contributed by atoms with Crippen LogP contribution in [0.1, 0.15) is 37.8 Å². The number of rotatable bonds is 7. The Bertz CT molecular complexity index is 324. The van der Waals surface area contributed by atoms with Gasteiger partial charge in [-0.15, -0.1) is 0 Å². The summed E-state index contributed by atoms with van der Waals surface area (Å²) in [5.41, 5.74) is 0.954. The lowest BCUT2D eigenvalue weighted by Crippen LogP contribution is -2.30. The molecule has 1 N–H and O–H groups in total. The van der Waals surface area contributed by atoms with E-state index in [1.165, 1.54) is 20.0 Å². The Morgan fingerprint density at radius 1 is 1.29 bits per heavy atom. The first-order chi connectivity index (χ1) is 8.29. The molecule has 0 saturated carbocycles. The summed E-state index contributed by atoms with van der Waals surface area (Å²) in [6.45, 7) is 3.00. The van der Waals surface area contributed by atoms with E-state index in [2.05, 4.69) is 12.2 Å². The van der Waals surface area contributed by atoms with Crippen molar-refractivity contribution < 1.29 is 9.53 Å². The molecule has 1 aromatic carbocycles. The largest absolute Gasteiger partial charge is 0.468 e. The molecule has 1 rings (SSSR count). The van der Waals surface area contributed by atoms with Crippen LogP contribution < -0.4 is 5.32 Å². The fourth-order valence-corrected chi connectivity index (χ4v) is 1.72. The summed E-state index contributed by atoms with van der Waals surface area (Å²) in [5, 5.41) is 3.25. The zero-order valence-electron chi connectivity index (χ0n) is 10.6. The molecule has 0 spiro atoms. The van der Waals surface area contributed by atoms with E-state index in [1.54, 1.807) is 0 Å². The zero-order chi connectivity index (χ0) is 12.5. The van der Waals surface area contributed by atoms with E-state index in [4.69, 9.17) is 4.74 Å². The van der Waals surface area contributed by atoms with Gasteiger partial charge >= 0.3 is 5.97 Å². The minimum Gasteiger partial charge on any atom is -0.468 e. The van der Waals surface area contributed by atoms with Crippen LogP contribution in [0.2, 0.25) is 0 Å². The Morgan fingerprint density at radius 2 is 2.00 bits per heavy atom. The standard InChI is InChI=1S/C14H21NO2/c1-3-4-8-11-15-13(14(16)17-2)12-9-6-5-7-10-12/h5-7,9-10,13,15H,3-4,8,11H2,1-2H3. The number of hydrogen-bond donors (Lipinski definition) is 1. The van der Waals surface area contributed by atoms with Gasteiger partial charge in [0.2, 0.25) is 0 Å². The summed E-state index contributed by atoms with van der Waals surface area (Å²) in [6.07, 6.45) is 3.43. The molecule has 0 amide bonds. The maximum Gasteiger partial charge on any atom is 0.327 e. The lowest BCUT2D eigenvalue weighted by molar-refractivity contribution is -0.143. The van der Waals surface area contributed by atoms with Gasteiger partial charge in [-0.05, 0) is 18.5 Å². The Balaban J connectivity index is 2.59. The van der Waals surface area contributed by atoms with Crippen molar-refractivity contribution >= 4 is 5.97 Å². The highest BCUT2D eigenvalue weighted by Crippen LogP contribution is 2.14. The third-order valence-corrected chi connectivity index (χ3v) is 2.70. The second-order valence-electron chi connectivity index (χ2n) is 4.03. The van der Waals surface area contributed by atoms with Crippen LogP contribution >= 0.6 is 0 Å². The van der Waals surface area contributed by atoms with Crippen LogP contribution in [-0.4, -0.2) is 19.6 Å². The van der Waals surface area contributed by atoms with E-state index in [-0.39, 0.29) is 12.0 Å². The molecular formula is C14H21NO2. The normalized spacial score (nSPS) is 12.1. The number of benzene rings is 1. The molecule has 1 unspecified atom stereocenters. The maximum absolute atomic E-state index is 11.7. The van der Waals surface area contributed by atoms with Gasteiger partial charge < -0.3 is 10.1 Å². The number of nitrogens with one attached hydrogen (secondary N) is 1. The summed E-state index contributed by atoms with van der Waals surface area (Å²) in [5.74, 6) is -0.229. The molecule has 94 valence electrons. The molecule has 17 heavy (non-hydrogen) atoms. The summed E-state index contributed by atoms with van der Waals surface area (Å²) >= 11 is 0. The van der Waals surface area contributed by atoms with Crippen molar-refractivity contribution in [1.29, 1.82) is 0 Å². The van der Waals surface area contributed by atoms with Crippen LogP contribution in [0.15, 0.2) is 30.3 Å². The van der Waals surface area contributed by atoms with E-state index in [0.29, 0.717) is 0 Å². The van der Waals surface area contributed by atoms with Gasteiger partial charge in [-0.25, -0.2) is 4.79 Å². The fourth-order valence-electron chi connectivity index (χ4n) is 1.72. The molecule has 0 radical (unpaired) electrons. The Labute approximate surface area is 103 Å². The number of unbranched alkanes of at least 4 members (excludes halogenated alkanes) is 2. The second-order valence-corrected chi connectivity index (χ2v) is 4.03. The van der Waals surface area contributed by atoms with Gasteiger partial charge in [0.05, 0.1) is 7.11 Å². The number of carbonyl (C=O) groups excluding carboxylic acids is 1. The van der Waals surface area contributed by atoms with E-state index >= 15 is 0 Å². The summed E-state index contributed by atoms with van der Waals surface area (Å²) < 4.78 is 4.82. The average Bonchev–Trinajstić information content (AvgIpc) is 2.39. The molecule has 1 atom stereocenters. The quantitative estimate of drug-likeness (QED) is 0.583. The van der Waals surface area contributed by atoms with Crippen LogP contribution in [0.5, 0.6) is 0 Å². The predicted octanol–water partition coefficient (Wildman–Crippen LogP) is 2.68. The van der Waals surface area contributed by atoms with Crippen molar-refractivity contribution in [3.63, 3.8) is 0 Å². The monoisotopic (exact) mass is 235 g/mol. The Hall–Kier alpha value is -1.35. The van der Waals surface area contributed by atoms with E-state index in [9.17, 15) is 4.79 Å². The molecule has 0 bridgehead atoms. The van der Waals surface area contributed by atoms with Gasteiger partial charge in [0.1, 0.15) is 6.04 Å². The predicted molar refractivity (Wildman–Crippen MR) is 68.7 cm³/mol. The molecule has 0 aliphatic rings. The number of esters is 1. The van der Waals surface area contributed by atoms with Gasteiger partial charge in [0, 0.05) is 0 Å². The van der Waals surface area contributed by atoms with Gasteiger partial charge in [-0.3, -0.25) is 0 Å². The first kappa shape index (κ1) is 13.7. The van der Waals surface area contributed by atoms with Gasteiger partial charge in [0.25, 0.3) is 0 Å². The molecule has 3 heteroatoms. The average molecular weight is 235 g/mol. The lowest BCUT2D eigenvalue weighted by Gasteiger charge is -2.16. The minimum absolute atomic E-state index is 0.229. The van der Waals surface area contributed by atoms with Crippen molar-refractivity contribution in [3.05, 3.63) is 35.9 Å². The van der Waals surface area contributed by atoms with E-state index in [0.717, 1.165) is 18.5 Å². The van der Waals surface area contributed by atoms with Crippen molar-refractivity contribution in [2.24, 2.45) is 0 Å².